The fraction of sp³-hybridized carbons (Fsp3) is 0.350. The topological polar surface area (TPSA) is 20.3 Å². The Morgan fingerprint density at radius 2 is 1.45 bits per heavy atom. The maximum atomic E-state index is 12.9. The van der Waals surface area contributed by atoms with Crippen molar-refractivity contribution in [2.75, 3.05) is 0 Å². The van der Waals surface area contributed by atoms with Crippen molar-refractivity contribution in [3.05, 3.63) is 71.8 Å². The molecule has 0 saturated carbocycles. The molecule has 2 aromatic rings. The molecule has 0 fully saturated rings. The van der Waals surface area contributed by atoms with Gasteiger partial charge in [0.2, 0.25) is 5.91 Å². The van der Waals surface area contributed by atoms with E-state index in [2.05, 4.69) is 31.2 Å². The maximum absolute atomic E-state index is 12.9. The molecule has 0 radical (unpaired) electrons. The van der Waals surface area contributed by atoms with Crippen LogP contribution in [0.25, 0.3) is 0 Å². The number of carbonyl (C=O) groups excluding carboxylic acids is 1. The van der Waals surface area contributed by atoms with Crippen LogP contribution in [0, 0.1) is 5.41 Å². The highest BCUT2D eigenvalue weighted by atomic mass is 16.2. The predicted octanol–water partition coefficient (Wildman–Crippen LogP) is 4.82. The molecule has 0 spiro atoms. The Labute approximate surface area is 133 Å². The zero-order valence-electron chi connectivity index (χ0n) is 13.9. The summed E-state index contributed by atoms with van der Waals surface area (Å²) >= 11 is 0. The summed E-state index contributed by atoms with van der Waals surface area (Å²) in [5.74, 6) is 0.174. The van der Waals surface area contributed by atoms with Gasteiger partial charge >= 0.3 is 0 Å². The molecule has 0 bridgehead atoms. The normalized spacial score (nSPS) is 12.7. The van der Waals surface area contributed by atoms with E-state index in [1.165, 1.54) is 0 Å². The van der Waals surface area contributed by atoms with E-state index in [4.69, 9.17) is 0 Å². The average Bonchev–Trinajstić information content (AvgIpc) is 2.52. The van der Waals surface area contributed by atoms with Gasteiger partial charge in [-0.1, -0.05) is 81.4 Å². The van der Waals surface area contributed by atoms with Crippen molar-refractivity contribution in [3.8, 4) is 0 Å². The molecular weight excluding hydrogens is 270 g/mol. The van der Waals surface area contributed by atoms with Crippen LogP contribution in [0.1, 0.15) is 44.9 Å². The molecule has 116 valence electrons. The first-order valence-corrected chi connectivity index (χ1v) is 7.79. The SMILES string of the molecule is C[C@@H](c1ccccc1)N(Cc1ccccc1)C(=O)C(C)(C)C. The lowest BCUT2D eigenvalue weighted by atomic mass is 9.92. The highest BCUT2D eigenvalue weighted by molar-refractivity contribution is 5.82. The second kappa shape index (κ2) is 6.78. The van der Waals surface area contributed by atoms with Gasteiger partial charge in [-0.05, 0) is 18.1 Å². The van der Waals surface area contributed by atoms with Crippen molar-refractivity contribution >= 4 is 5.91 Å². The third-order valence-corrected chi connectivity index (χ3v) is 3.85. The molecule has 0 aliphatic rings. The number of rotatable bonds is 4. The first-order chi connectivity index (χ1) is 10.4. The monoisotopic (exact) mass is 295 g/mol. The van der Waals surface area contributed by atoms with Crippen LogP contribution in [0.3, 0.4) is 0 Å². The third-order valence-electron chi connectivity index (χ3n) is 3.85. The van der Waals surface area contributed by atoms with Crippen molar-refractivity contribution in [2.45, 2.75) is 40.3 Å². The lowest BCUT2D eigenvalue weighted by Gasteiger charge is -2.35. The van der Waals surface area contributed by atoms with Crippen molar-refractivity contribution in [1.29, 1.82) is 0 Å². The molecule has 2 heteroatoms. The lowest BCUT2D eigenvalue weighted by Crippen LogP contribution is -2.40. The summed E-state index contributed by atoms with van der Waals surface area (Å²) in [6.45, 7) is 8.66. The molecule has 0 aliphatic carbocycles. The Bertz CT molecular complexity index is 599. The molecule has 0 unspecified atom stereocenters. The molecule has 0 aromatic heterocycles. The van der Waals surface area contributed by atoms with Crippen molar-refractivity contribution < 1.29 is 4.79 Å². The molecule has 0 aliphatic heterocycles. The van der Waals surface area contributed by atoms with Gasteiger partial charge in [0.1, 0.15) is 0 Å². The average molecular weight is 295 g/mol. The van der Waals surface area contributed by atoms with Crippen LogP contribution in [0.5, 0.6) is 0 Å². The molecule has 1 atom stereocenters. The quantitative estimate of drug-likeness (QED) is 0.791. The van der Waals surface area contributed by atoms with E-state index in [1.54, 1.807) is 0 Å². The van der Waals surface area contributed by atoms with Crippen LogP contribution in [0.4, 0.5) is 0 Å². The van der Waals surface area contributed by atoms with Gasteiger partial charge in [0.05, 0.1) is 6.04 Å². The van der Waals surface area contributed by atoms with E-state index < -0.39 is 5.41 Å². The molecule has 0 saturated heterocycles. The van der Waals surface area contributed by atoms with Gasteiger partial charge in [0, 0.05) is 12.0 Å². The van der Waals surface area contributed by atoms with E-state index in [9.17, 15) is 4.79 Å². The van der Waals surface area contributed by atoms with Crippen LogP contribution in [-0.2, 0) is 11.3 Å². The summed E-state index contributed by atoms with van der Waals surface area (Å²) in [5, 5.41) is 0. The number of carbonyl (C=O) groups is 1. The number of hydrogen-bond acceptors (Lipinski definition) is 1. The molecule has 0 heterocycles. The molecule has 1 amide bonds. The van der Waals surface area contributed by atoms with Crippen molar-refractivity contribution in [1.82, 2.24) is 4.90 Å². The smallest absolute Gasteiger partial charge is 0.228 e. The summed E-state index contributed by atoms with van der Waals surface area (Å²) in [5.41, 5.74) is 1.93. The molecule has 22 heavy (non-hydrogen) atoms. The van der Waals surface area contributed by atoms with E-state index in [0.717, 1.165) is 11.1 Å². The molecule has 2 rings (SSSR count). The van der Waals surface area contributed by atoms with E-state index in [1.807, 2.05) is 62.1 Å². The third kappa shape index (κ3) is 3.97. The van der Waals surface area contributed by atoms with Crippen LogP contribution in [-0.4, -0.2) is 10.8 Å². The zero-order valence-corrected chi connectivity index (χ0v) is 13.9. The second-order valence-electron chi connectivity index (χ2n) is 6.76. The fourth-order valence-corrected chi connectivity index (χ4v) is 2.51. The van der Waals surface area contributed by atoms with Crippen LogP contribution in [0.2, 0.25) is 0 Å². The Morgan fingerprint density at radius 1 is 0.955 bits per heavy atom. The van der Waals surface area contributed by atoms with Gasteiger partial charge in [-0.3, -0.25) is 4.79 Å². The van der Waals surface area contributed by atoms with Crippen LogP contribution >= 0.6 is 0 Å². The number of nitrogens with zero attached hydrogens (tertiary/aromatic N) is 1. The Morgan fingerprint density at radius 3 is 1.95 bits per heavy atom. The Kier molecular flexibility index (Phi) is 5.02. The predicted molar refractivity (Wildman–Crippen MR) is 91.3 cm³/mol. The maximum Gasteiger partial charge on any atom is 0.228 e. The molecular formula is C20H25NO. The minimum atomic E-state index is -0.391. The van der Waals surface area contributed by atoms with Crippen molar-refractivity contribution in [3.63, 3.8) is 0 Å². The minimum Gasteiger partial charge on any atom is -0.331 e. The van der Waals surface area contributed by atoms with E-state index in [-0.39, 0.29) is 11.9 Å². The minimum absolute atomic E-state index is 0.0492. The highest BCUT2D eigenvalue weighted by Crippen LogP contribution is 2.28. The second-order valence-corrected chi connectivity index (χ2v) is 6.76. The van der Waals surface area contributed by atoms with Gasteiger partial charge in [-0.25, -0.2) is 0 Å². The first-order valence-electron chi connectivity index (χ1n) is 7.79. The number of benzene rings is 2. The summed E-state index contributed by atoms with van der Waals surface area (Å²) in [7, 11) is 0. The van der Waals surface area contributed by atoms with E-state index in [0.29, 0.717) is 6.54 Å². The largest absolute Gasteiger partial charge is 0.331 e. The standard InChI is InChI=1S/C20H25NO/c1-16(18-13-9-6-10-14-18)21(19(22)20(2,3)4)15-17-11-7-5-8-12-17/h5-14,16H,15H2,1-4H3/t16-/m0/s1. The number of amides is 1. The van der Waals surface area contributed by atoms with Crippen LogP contribution < -0.4 is 0 Å². The van der Waals surface area contributed by atoms with Gasteiger partial charge in [-0.2, -0.15) is 0 Å². The van der Waals surface area contributed by atoms with E-state index >= 15 is 0 Å². The van der Waals surface area contributed by atoms with Crippen LogP contribution in [0.15, 0.2) is 60.7 Å². The summed E-state index contributed by atoms with van der Waals surface area (Å²) in [6.07, 6.45) is 0. The molecule has 2 aromatic carbocycles. The van der Waals surface area contributed by atoms with Gasteiger partial charge in [0.25, 0.3) is 0 Å². The summed E-state index contributed by atoms with van der Waals surface area (Å²) in [4.78, 5) is 14.9. The Balaban J connectivity index is 2.31. The zero-order chi connectivity index (χ0) is 16.2. The lowest BCUT2D eigenvalue weighted by molar-refractivity contribution is -0.142. The van der Waals surface area contributed by atoms with Crippen molar-refractivity contribution in [2.24, 2.45) is 5.41 Å². The summed E-state index contributed by atoms with van der Waals surface area (Å²) in [6, 6.07) is 20.4. The first kappa shape index (κ1) is 16.3. The number of hydrogen-bond donors (Lipinski definition) is 0. The highest BCUT2D eigenvalue weighted by Gasteiger charge is 2.30. The molecule has 2 nitrogen and oxygen atoms in total. The van der Waals surface area contributed by atoms with Gasteiger partial charge < -0.3 is 4.90 Å². The Hall–Kier alpha value is -2.09. The van der Waals surface area contributed by atoms with Gasteiger partial charge in [0.15, 0.2) is 0 Å². The fourth-order valence-electron chi connectivity index (χ4n) is 2.51. The molecule has 0 N–H and O–H groups in total. The summed E-state index contributed by atoms with van der Waals surface area (Å²) < 4.78 is 0. The van der Waals surface area contributed by atoms with Gasteiger partial charge in [-0.15, -0.1) is 0 Å².